The van der Waals surface area contributed by atoms with E-state index in [-0.39, 0.29) is 0 Å². The van der Waals surface area contributed by atoms with Crippen LogP contribution >= 0.6 is 0 Å². The summed E-state index contributed by atoms with van der Waals surface area (Å²) in [7, 11) is 3.31. The van der Waals surface area contributed by atoms with E-state index in [4.69, 9.17) is 18.6 Å². The second kappa shape index (κ2) is 12.2. The van der Waals surface area contributed by atoms with Crippen molar-refractivity contribution in [3.63, 3.8) is 0 Å². The first-order valence-corrected chi connectivity index (χ1v) is 9.68. The minimum atomic E-state index is 0.598. The van der Waals surface area contributed by atoms with Crippen LogP contribution in [0, 0.1) is 0 Å². The van der Waals surface area contributed by atoms with Gasteiger partial charge in [-0.05, 0) is 61.5 Å². The minimum absolute atomic E-state index is 0.598. The van der Waals surface area contributed by atoms with E-state index >= 15 is 0 Å². The summed E-state index contributed by atoms with van der Waals surface area (Å²) in [4.78, 5) is 0. The van der Waals surface area contributed by atoms with E-state index in [0.29, 0.717) is 13.2 Å². The number of ether oxygens (including phenoxy) is 3. The van der Waals surface area contributed by atoms with Crippen LogP contribution in [0.3, 0.4) is 0 Å². The molecule has 0 radical (unpaired) electrons. The molecular weight excluding hydrogens is 364 g/mol. The van der Waals surface area contributed by atoms with Gasteiger partial charge in [-0.2, -0.15) is 0 Å². The van der Waals surface area contributed by atoms with E-state index in [1.807, 2.05) is 92.8 Å². The molecule has 0 spiro atoms. The SMILES string of the molecule is CCO\C(=C/C=C/C=C/C(=[O+]CC)c1ccc(OC)cc1)c1ccc(OC)cc1. The lowest BCUT2D eigenvalue weighted by Gasteiger charge is -2.08. The van der Waals surface area contributed by atoms with Gasteiger partial charge in [-0.1, -0.05) is 18.2 Å². The normalized spacial score (nSPS) is 12.6. The highest BCUT2D eigenvalue weighted by molar-refractivity contribution is 6.05. The summed E-state index contributed by atoms with van der Waals surface area (Å²) < 4.78 is 21.9. The Morgan fingerprint density at radius 1 is 0.793 bits per heavy atom. The second-order valence-corrected chi connectivity index (χ2v) is 5.96. The summed E-state index contributed by atoms with van der Waals surface area (Å²) in [6.45, 7) is 5.14. The Hall–Kier alpha value is -3.27. The van der Waals surface area contributed by atoms with Gasteiger partial charge in [0.15, 0.2) is 0 Å². The standard InChI is InChI=1S/C25H29O4/c1-5-28-24(20-12-16-22(26-3)17-13-20)10-8-7-9-11-25(29-6-2)21-14-18-23(27-4)19-15-21/h7-19H,5-6H2,1-4H3/q+1/b8-7+,11-9+,24-10-. The third-order valence-corrected chi connectivity index (χ3v) is 4.07. The molecule has 0 aliphatic carbocycles. The van der Waals surface area contributed by atoms with E-state index in [1.54, 1.807) is 14.2 Å². The smallest absolute Gasteiger partial charge is 0.350 e. The average molecular weight is 394 g/mol. The first-order valence-electron chi connectivity index (χ1n) is 9.68. The molecule has 152 valence electrons. The van der Waals surface area contributed by atoms with Crippen molar-refractivity contribution >= 4 is 11.5 Å². The van der Waals surface area contributed by atoms with Crippen molar-refractivity contribution in [2.45, 2.75) is 13.8 Å². The Kier molecular flexibility index (Phi) is 9.30. The van der Waals surface area contributed by atoms with Crippen LogP contribution in [-0.4, -0.2) is 33.2 Å². The Morgan fingerprint density at radius 3 is 1.90 bits per heavy atom. The zero-order valence-corrected chi connectivity index (χ0v) is 17.6. The molecule has 0 aromatic heterocycles. The Morgan fingerprint density at radius 2 is 1.38 bits per heavy atom. The zero-order chi connectivity index (χ0) is 20.9. The van der Waals surface area contributed by atoms with Gasteiger partial charge in [0.2, 0.25) is 0 Å². The molecule has 0 fully saturated rings. The van der Waals surface area contributed by atoms with Crippen molar-refractivity contribution in [2.75, 3.05) is 27.4 Å². The van der Waals surface area contributed by atoms with E-state index < -0.39 is 0 Å². The van der Waals surface area contributed by atoms with Crippen LogP contribution in [0.5, 0.6) is 11.5 Å². The number of hydrogen-bond donors (Lipinski definition) is 0. The van der Waals surface area contributed by atoms with Crippen molar-refractivity contribution in [1.82, 2.24) is 0 Å². The monoisotopic (exact) mass is 393 g/mol. The van der Waals surface area contributed by atoms with Gasteiger partial charge in [0.25, 0.3) is 6.61 Å². The lowest BCUT2D eigenvalue weighted by atomic mass is 10.1. The molecule has 0 atom stereocenters. The fourth-order valence-electron chi connectivity index (χ4n) is 2.63. The first-order chi connectivity index (χ1) is 14.2. The molecule has 2 aromatic rings. The van der Waals surface area contributed by atoms with Gasteiger partial charge in [-0.3, -0.25) is 4.42 Å². The van der Waals surface area contributed by atoms with Crippen LogP contribution in [0.25, 0.3) is 5.76 Å². The van der Waals surface area contributed by atoms with Crippen LogP contribution in [-0.2, 0) is 4.74 Å². The van der Waals surface area contributed by atoms with Crippen LogP contribution < -0.4 is 9.47 Å². The number of rotatable bonds is 10. The maximum Gasteiger partial charge on any atom is 0.350 e. The summed E-state index contributed by atoms with van der Waals surface area (Å²) in [5, 5.41) is 0. The van der Waals surface area contributed by atoms with Gasteiger partial charge < -0.3 is 14.2 Å². The molecule has 0 saturated heterocycles. The lowest BCUT2D eigenvalue weighted by Crippen LogP contribution is -1.98. The molecule has 2 aromatic carbocycles. The highest BCUT2D eigenvalue weighted by Crippen LogP contribution is 2.20. The van der Waals surface area contributed by atoms with Gasteiger partial charge >= 0.3 is 5.78 Å². The van der Waals surface area contributed by atoms with Crippen LogP contribution in [0.4, 0.5) is 0 Å². The van der Waals surface area contributed by atoms with Gasteiger partial charge in [0, 0.05) is 18.6 Å². The number of benzene rings is 2. The quantitative estimate of drug-likeness (QED) is 0.173. The highest BCUT2D eigenvalue weighted by Gasteiger charge is 2.10. The third-order valence-electron chi connectivity index (χ3n) is 4.07. The average Bonchev–Trinajstić information content (AvgIpc) is 2.77. The fraction of sp³-hybridized carbons (Fsp3) is 0.240. The van der Waals surface area contributed by atoms with Crippen molar-refractivity contribution in [2.24, 2.45) is 0 Å². The maximum atomic E-state index is 5.76. The Balaban J connectivity index is 2.11. The van der Waals surface area contributed by atoms with E-state index in [1.165, 1.54) is 0 Å². The summed E-state index contributed by atoms with van der Waals surface area (Å²) in [6.07, 6.45) is 9.74. The molecule has 4 nitrogen and oxygen atoms in total. The maximum absolute atomic E-state index is 5.76. The molecule has 0 saturated carbocycles. The summed E-state index contributed by atoms with van der Waals surface area (Å²) in [5.74, 6) is 3.26. The number of carbonyl (C=O) groups excluding carboxylic acids is 1. The van der Waals surface area contributed by atoms with Gasteiger partial charge in [-0.25, -0.2) is 0 Å². The van der Waals surface area contributed by atoms with E-state index in [9.17, 15) is 0 Å². The fourth-order valence-corrected chi connectivity index (χ4v) is 2.63. The number of methoxy groups -OCH3 is 2. The topological polar surface area (TPSA) is 39.0 Å². The zero-order valence-electron chi connectivity index (χ0n) is 17.6. The van der Waals surface area contributed by atoms with Crippen molar-refractivity contribution in [1.29, 1.82) is 0 Å². The molecular formula is C25H29O4+. The summed E-state index contributed by atoms with van der Waals surface area (Å²) >= 11 is 0. The largest absolute Gasteiger partial charge is 0.497 e. The molecule has 2 rings (SSSR count). The Labute approximate surface area is 173 Å². The molecule has 0 aliphatic rings. The van der Waals surface area contributed by atoms with Gasteiger partial charge in [0.1, 0.15) is 17.3 Å². The van der Waals surface area contributed by atoms with Crippen molar-refractivity contribution in [3.8, 4) is 11.5 Å². The number of ketones is 1. The van der Waals surface area contributed by atoms with Crippen LogP contribution in [0.2, 0.25) is 0 Å². The predicted octanol–water partition coefficient (Wildman–Crippen LogP) is 5.63. The van der Waals surface area contributed by atoms with Gasteiger partial charge in [0.05, 0.1) is 26.4 Å². The molecule has 0 N–H and O–H groups in total. The highest BCUT2D eigenvalue weighted by atomic mass is 16.5. The number of allylic oxidation sites excluding steroid dienone is 5. The molecule has 29 heavy (non-hydrogen) atoms. The predicted molar refractivity (Wildman–Crippen MR) is 119 cm³/mol. The summed E-state index contributed by atoms with van der Waals surface area (Å²) in [5.41, 5.74) is 2.00. The van der Waals surface area contributed by atoms with Crippen molar-refractivity contribution < 1.29 is 18.6 Å². The first kappa shape index (κ1) is 22.0. The third kappa shape index (κ3) is 7.00. The molecule has 0 unspecified atom stereocenters. The van der Waals surface area contributed by atoms with Crippen LogP contribution in [0.1, 0.15) is 29.4 Å². The molecule has 0 bridgehead atoms. The molecule has 0 aliphatic heterocycles. The number of hydrogen-bond acceptors (Lipinski definition) is 3. The minimum Gasteiger partial charge on any atom is -0.497 e. The van der Waals surface area contributed by atoms with E-state index in [2.05, 4.69) is 0 Å². The van der Waals surface area contributed by atoms with E-state index in [0.717, 1.165) is 34.2 Å². The Bertz CT molecular complexity index is 857. The van der Waals surface area contributed by atoms with Crippen LogP contribution in [0.15, 0.2) is 78.9 Å². The summed E-state index contributed by atoms with van der Waals surface area (Å²) in [6, 6.07) is 15.6. The lowest BCUT2D eigenvalue weighted by molar-refractivity contribution is -0.261. The molecule has 4 heteroatoms. The molecule has 0 amide bonds. The van der Waals surface area contributed by atoms with Gasteiger partial charge in [-0.15, -0.1) is 0 Å². The second-order valence-electron chi connectivity index (χ2n) is 5.96. The molecule has 0 heterocycles. The van der Waals surface area contributed by atoms with Crippen molar-refractivity contribution in [3.05, 3.63) is 90.0 Å².